The Balaban J connectivity index is 0.00000180. The van der Waals surface area contributed by atoms with E-state index in [0.717, 1.165) is 13.1 Å². The van der Waals surface area contributed by atoms with E-state index >= 15 is 0 Å². The standard InChI is InChI=1S/C10H20N4O3S.HI/c1-18(15,16)14-7-9(8-14)6-12-10(11)13-2-4-17-5-3-13;/h9H,2-8H2,1H3,(H2,11,12);1H. The first-order valence-corrected chi connectivity index (χ1v) is 7.89. The number of rotatable bonds is 3. The number of nitrogens with zero attached hydrogens (tertiary/aromatic N) is 3. The number of aliphatic imine (C=N–C) groups is 1. The van der Waals surface area contributed by atoms with Crippen molar-refractivity contribution in [2.45, 2.75) is 0 Å². The molecule has 112 valence electrons. The minimum atomic E-state index is -3.03. The monoisotopic (exact) mass is 404 g/mol. The summed E-state index contributed by atoms with van der Waals surface area (Å²) in [5.41, 5.74) is 5.88. The van der Waals surface area contributed by atoms with Gasteiger partial charge in [-0.15, -0.1) is 24.0 Å². The quantitative estimate of drug-likeness (QED) is 0.376. The van der Waals surface area contributed by atoms with Crippen molar-refractivity contribution in [1.82, 2.24) is 9.21 Å². The molecule has 0 amide bonds. The van der Waals surface area contributed by atoms with E-state index in [1.54, 1.807) is 0 Å². The number of hydrogen-bond acceptors (Lipinski definition) is 4. The molecule has 2 saturated heterocycles. The topological polar surface area (TPSA) is 88.2 Å². The molecular weight excluding hydrogens is 383 g/mol. The Morgan fingerprint density at radius 2 is 1.95 bits per heavy atom. The van der Waals surface area contributed by atoms with Crippen LogP contribution >= 0.6 is 24.0 Å². The van der Waals surface area contributed by atoms with Crippen molar-refractivity contribution >= 4 is 40.0 Å². The second-order valence-corrected chi connectivity index (χ2v) is 6.73. The van der Waals surface area contributed by atoms with Crippen LogP contribution in [0.2, 0.25) is 0 Å². The minimum absolute atomic E-state index is 0. The maximum absolute atomic E-state index is 11.2. The molecule has 2 heterocycles. The Labute approximate surface area is 131 Å². The zero-order chi connectivity index (χ0) is 13.2. The summed E-state index contributed by atoms with van der Waals surface area (Å²) in [5.74, 6) is 0.829. The normalized spacial score (nSPS) is 22.8. The Morgan fingerprint density at radius 1 is 1.37 bits per heavy atom. The van der Waals surface area contributed by atoms with E-state index in [0.29, 0.717) is 44.7 Å². The molecule has 0 saturated carbocycles. The van der Waals surface area contributed by atoms with Gasteiger partial charge >= 0.3 is 0 Å². The van der Waals surface area contributed by atoms with Gasteiger partial charge in [0.1, 0.15) is 0 Å². The van der Waals surface area contributed by atoms with E-state index < -0.39 is 10.0 Å². The number of guanidine groups is 1. The van der Waals surface area contributed by atoms with Crippen LogP contribution in [-0.4, -0.2) is 75.8 Å². The fourth-order valence-electron chi connectivity index (χ4n) is 2.02. The molecule has 2 fully saturated rings. The molecule has 0 radical (unpaired) electrons. The highest BCUT2D eigenvalue weighted by molar-refractivity contribution is 14.0. The number of halogens is 1. The second-order valence-electron chi connectivity index (χ2n) is 4.74. The average molecular weight is 404 g/mol. The van der Waals surface area contributed by atoms with E-state index in [-0.39, 0.29) is 24.0 Å². The van der Waals surface area contributed by atoms with Crippen LogP contribution < -0.4 is 5.73 Å². The molecule has 2 rings (SSSR count). The van der Waals surface area contributed by atoms with E-state index in [9.17, 15) is 8.42 Å². The molecule has 0 aromatic heterocycles. The second kappa shape index (κ2) is 7.04. The van der Waals surface area contributed by atoms with Crippen LogP contribution in [0.25, 0.3) is 0 Å². The third-order valence-electron chi connectivity index (χ3n) is 3.24. The number of morpholine rings is 1. The molecule has 2 N–H and O–H groups in total. The van der Waals surface area contributed by atoms with E-state index in [1.165, 1.54) is 10.6 Å². The summed E-state index contributed by atoms with van der Waals surface area (Å²) >= 11 is 0. The number of sulfonamides is 1. The smallest absolute Gasteiger partial charge is 0.211 e. The number of ether oxygens (including phenoxy) is 1. The molecule has 0 aromatic carbocycles. The van der Waals surface area contributed by atoms with Gasteiger partial charge in [0.25, 0.3) is 0 Å². The van der Waals surface area contributed by atoms with Crippen LogP contribution in [0.5, 0.6) is 0 Å². The summed E-state index contributed by atoms with van der Waals surface area (Å²) in [7, 11) is -3.03. The van der Waals surface area contributed by atoms with Gasteiger partial charge in [-0.3, -0.25) is 4.99 Å². The van der Waals surface area contributed by atoms with Crippen molar-refractivity contribution < 1.29 is 13.2 Å². The fraction of sp³-hybridized carbons (Fsp3) is 0.900. The average Bonchev–Trinajstić information content (AvgIpc) is 2.26. The molecule has 0 spiro atoms. The van der Waals surface area contributed by atoms with Gasteiger partial charge in [0.2, 0.25) is 10.0 Å². The van der Waals surface area contributed by atoms with Crippen molar-refractivity contribution in [3.63, 3.8) is 0 Å². The van der Waals surface area contributed by atoms with E-state index in [2.05, 4.69) is 4.99 Å². The van der Waals surface area contributed by atoms with Gasteiger partial charge in [0.15, 0.2) is 5.96 Å². The summed E-state index contributed by atoms with van der Waals surface area (Å²) in [4.78, 5) is 6.33. The van der Waals surface area contributed by atoms with Gasteiger partial charge in [-0.05, 0) is 0 Å². The molecule has 0 bridgehead atoms. The summed E-state index contributed by atoms with van der Waals surface area (Å²) in [5, 5.41) is 0. The lowest BCUT2D eigenvalue weighted by atomic mass is 10.0. The third kappa shape index (κ3) is 4.72. The summed E-state index contributed by atoms with van der Waals surface area (Å²) in [6.45, 7) is 4.61. The van der Waals surface area contributed by atoms with Crippen LogP contribution in [0.1, 0.15) is 0 Å². The first-order valence-electron chi connectivity index (χ1n) is 6.04. The number of hydrogen-bond donors (Lipinski definition) is 1. The first-order chi connectivity index (χ1) is 8.47. The maximum atomic E-state index is 11.2. The van der Waals surface area contributed by atoms with Gasteiger partial charge < -0.3 is 15.4 Å². The summed E-state index contributed by atoms with van der Waals surface area (Å²) in [6, 6.07) is 0. The molecular formula is C10H21IN4O3S. The van der Waals surface area contributed by atoms with Crippen LogP contribution in [0.15, 0.2) is 4.99 Å². The van der Waals surface area contributed by atoms with Crippen LogP contribution in [0.3, 0.4) is 0 Å². The molecule has 2 aliphatic heterocycles. The van der Waals surface area contributed by atoms with Crippen LogP contribution in [0.4, 0.5) is 0 Å². The Bertz CT molecular complexity index is 416. The molecule has 0 atom stereocenters. The first kappa shape index (κ1) is 16.9. The highest BCUT2D eigenvalue weighted by Crippen LogP contribution is 2.18. The Morgan fingerprint density at radius 3 is 2.47 bits per heavy atom. The molecule has 2 aliphatic rings. The van der Waals surface area contributed by atoms with Gasteiger partial charge in [-0.1, -0.05) is 0 Å². The minimum Gasteiger partial charge on any atom is -0.378 e. The van der Waals surface area contributed by atoms with Crippen molar-refractivity contribution in [3.05, 3.63) is 0 Å². The fourth-order valence-corrected chi connectivity index (χ4v) is 2.99. The van der Waals surface area contributed by atoms with E-state index in [1.807, 2.05) is 4.90 Å². The lowest BCUT2D eigenvalue weighted by Crippen LogP contribution is -2.51. The van der Waals surface area contributed by atoms with E-state index in [4.69, 9.17) is 10.5 Å². The molecule has 0 aliphatic carbocycles. The van der Waals surface area contributed by atoms with Crippen LogP contribution in [-0.2, 0) is 14.8 Å². The third-order valence-corrected chi connectivity index (χ3v) is 4.48. The maximum Gasteiger partial charge on any atom is 0.211 e. The van der Waals surface area contributed by atoms with Gasteiger partial charge in [0, 0.05) is 38.6 Å². The van der Waals surface area contributed by atoms with Crippen molar-refractivity contribution in [2.24, 2.45) is 16.6 Å². The largest absolute Gasteiger partial charge is 0.378 e. The zero-order valence-electron chi connectivity index (χ0n) is 11.0. The predicted molar refractivity (Wildman–Crippen MR) is 84.2 cm³/mol. The molecule has 0 unspecified atom stereocenters. The lowest BCUT2D eigenvalue weighted by Gasteiger charge is -2.36. The van der Waals surface area contributed by atoms with Crippen molar-refractivity contribution in [1.29, 1.82) is 0 Å². The number of nitrogens with two attached hydrogens (primary N) is 1. The van der Waals surface area contributed by atoms with Gasteiger partial charge in [-0.25, -0.2) is 12.7 Å². The van der Waals surface area contributed by atoms with Crippen molar-refractivity contribution in [2.75, 3.05) is 52.2 Å². The van der Waals surface area contributed by atoms with Gasteiger partial charge in [0.05, 0.1) is 19.5 Å². The van der Waals surface area contributed by atoms with Gasteiger partial charge in [-0.2, -0.15) is 0 Å². The highest BCUT2D eigenvalue weighted by atomic mass is 127. The Hall–Kier alpha value is -0.130. The molecule has 0 aromatic rings. The Kier molecular flexibility index (Phi) is 6.27. The molecule has 19 heavy (non-hydrogen) atoms. The predicted octanol–water partition coefficient (Wildman–Crippen LogP) is -0.857. The SMILES string of the molecule is CS(=O)(=O)N1CC(CN=C(N)N2CCOCC2)C1.I. The van der Waals surface area contributed by atoms with Crippen LogP contribution in [0, 0.1) is 5.92 Å². The molecule has 7 nitrogen and oxygen atoms in total. The van der Waals surface area contributed by atoms with Crippen molar-refractivity contribution in [3.8, 4) is 0 Å². The zero-order valence-corrected chi connectivity index (χ0v) is 14.1. The highest BCUT2D eigenvalue weighted by Gasteiger charge is 2.32. The summed E-state index contributed by atoms with van der Waals surface area (Å²) in [6.07, 6.45) is 1.23. The molecule has 9 heteroatoms. The summed E-state index contributed by atoms with van der Waals surface area (Å²) < 4.78 is 29.1. The lowest BCUT2D eigenvalue weighted by molar-refractivity contribution is 0.0673.